The first-order chi connectivity index (χ1) is 14.9. The number of hydrogen-bond donors (Lipinski definition) is 2. The number of esters is 1. The Bertz CT molecular complexity index is 1100. The van der Waals surface area contributed by atoms with Crippen LogP contribution < -0.4 is 10.6 Å². The molecule has 0 spiro atoms. The third kappa shape index (κ3) is 4.13. The molecule has 0 aromatic heterocycles. The average Bonchev–Trinajstić information content (AvgIpc) is 3.15. The topological polar surface area (TPSA) is 87.7 Å². The average molecular weight is 458 g/mol. The molecule has 1 atom stereocenters. The van der Waals surface area contributed by atoms with Gasteiger partial charge in [0.05, 0.1) is 17.3 Å². The lowest BCUT2D eigenvalue weighted by Gasteiger charge is -2.32. The molecule has 2 aromatic carbocycles. The smallest absolute Gasteiger partial charge is 0.338 e. The Morgan fingerprint density at radius 1 is 1.26 bits per heavy atom. The highest BCUT2D eigenvalue weighted by atomic mass is 35.5. The van der Waals surface area contributed by atoms with Crippen LogP contribution in [-0.4, -0.2) is 42.2 Å². The van der Waals surface area contributed by atoms with E-state index in [1.165, 1.54) is 4.90 Å². The van der Waals surface area contributed by atoms with Crippen LogP contribution in [0, 0.1) is 6.92 Å². The molecule has 0 unspecified atom stereocenters. The first-order valence-corrected chi connectivity index (χ1v) is 11.2. The molecule has 0 saturated carbocycles. The largest absolute Gasteiger partial charge is 0.456 e. The van der Waals surface area contributed by atoms with Crippen LogP contribution in [0.2, 0.25) is 5.02 Å². The second kappa shape index (κ2) is 8.64. The predicted octanol–water partition coefficient (Wildman–Crippen LogP) is 3.89. The van der Waals surface area contributed by atoms with Gasteiger partial charge in [-0.1, -0.05) is 29.8 Å². The van der Waals surface area contributed by atoms with E-state index in [9.17, 15) is 14.4 Å². The third-order valence-corrected chi connectivity index (χ3v) is 6.44. The zero-order valence-corrected chi connectivity index (χ0v) is 18.5. The summed E-state index contributed by atoms with van der Waals surface area (Å²) >= 11 is 7.71. The molecule has 0 aliphatic carbocycles. The molecule has 160 valence electrons. The Kier molecular flexibility index (Phi) is 5.93. The molecule has 0 saturated heterocycles. The summed E-state index contributed by atoms with van der Waals surface area (Å²) < 4.78 is 5.21. The minimum atomic E-state index is -0.622. The van der Waals surface area contributed by atoms with Crippen LogP contribution in [0.5, 0.6) is 0 Å². The highest BCUT2D eigenvalue weighted by molar-refractivity contribution is 7.98. The fourth-order valence-corrected chi connectivity index (χ4v) is 4.18. The van der Waals surface area contributed by atoms with Gasteiger partial charge in [0.1, 0.15) is 13.2 Å². The Labute approximate surface area is 188 Å². The fraction of sp³-hybridized carbons (Fsp3) is 0.227. The van der Waals surface area contributed by atoms with Crippen molar-refractivity contribution in [1.29, 1.82) is 0 Å². The van der Waals surface area contributed by atoms with Gasteiger partial charge in [-0.15, -0.1) is 11.8 Å². The van der Waals surface area contributed by atoms with Crippen LogP contribution >= 0.6 is 23.4 Å². The maximum atomic E-state index is 12.9. The van der Waals surface area contributed by atoms with Crippen LogP contribution in [0.25, 0.3) is 0 Å². The van der Waals surface area contributed by atoms with E-state index in [2.05, 4.69) is 10.6 Å². The molecule has 2 aliphatic rings. The van der Waals surface area contributed by atoms with Crippen molar-refractivity contribution in [2.75, 3.05) is 24.7 Å². The van der Waals surface area contributed by atoms with Crippen LogP contribution in [0.1, 0.15) is 17.2 Å². The Balaban J connectivity index is 1.59. The normalized spacial score (nSPS) is 17.9. The van der Waals surface area contributed by atoms with Gasteiger partial charge in [-0.05, 0) is 48.6 Å². The number of amides is 3. The van der Waals surface area contributed by atoms with Gasteiger partial charge in [0.2, 0.25) is 5.91 Å². The van der Waals surface area contributed by atoms with E-state index in [1.54, 1.807) is 36.9 Å². The van der Waals surface area contributed by atoms with E-state index >= 15 is 0 Å². The zero-order chi connectivity index (χ0) is 22.1. The summed E-state index contributed by atoms with van der Waals surface area (Å²) in [4.78, 5) is 40.3. The number of urea groups is 1. The SMILES string of the molecule is CSc1ccc([C@@H]2NC(=O)N(CC(=O)Nc3cccc(Cl)c3C)C3=C2C(=O)OC3)cc1. The van der Waals surface area contributed by atoms with Crippen molar-refractivity contribution in [3.8, 4) is 0 Å². The number of halogens is 1. The summed E-state index contributed by atoms with van der Waals surface area (Å²) in [6.07, 6.45) is 1.97. The van der Waals surface area contributed by atoms with Gasteiger partial charge in [-0.2, -0.15) is 0 Å². The second-order valence-corrected chi connectivity index (χ2v) is 8.43. The Hall–Kier alpha value is -2.97. The number of rotatable bonds is 5. The van der Waals surface area contributed by atoms with Gasteiger partial charge >= 0.3 is 12.0 Å². The zero-order valence-electron chi connectivity index (χ0n) is 16.9. The Morgan fingerprint density at radius 3 is 2.71 bits per heavy atom. The van der Waals surface area contributed by atoms with E-state index in [4.69, 9.17) is 16.3 Å². The van der Waals surface area contributed by atoms with E-state index in [0.717, 1.165) is 16.0 Å². The number of anilines is 1. The molecule has 31 heavy (non-hydrogen) atoms. The molecule has 2 aromatic rings. The maximum Gasteiger partial charge on any atom is 0.338 e. The molecule has 0 fully saturated rings. The maximum absolute atomic E-state index is 12.9. The number of ether oxygens (including phenoxy) is 1. The van der Waals surface area contributed by atoms with Crippen LogP contribution in [0.3, 0.4) is 0 Å². The monoisotopic (exact) mass is 457 g/mol. The first-order valence-electron chi connectivity index (χ1n) is 9.56. The van der Waals surface area contributed by atoms with Crippen molar-refractivity contribution >= 4 is 47.0 Å². The van der Waals surface area contributed by atoms with Crippen LogP contribution in [-0.2, 0) is 14.3 Å². The van der Waals surface area contributed by atoms with E-state index in [1.807, 2.05) is 30.5 Å². The minimum Gasteiger partial charge on any atom is -0.456 e. The molecular weight excluding hydrogens is 438 g/mol. The van der Waals surface area contributed by atoms with Gasteiger partial charge in [0.15, 0.2) is 0 Å². The summed E-state index contributed by atoms with van der Waals surface area (Å²) in [6.45, 7) is 1.48. The van der Waals surface area contributed by atoms with E-state index in [-0.39, 0.29) is 13.2 Å². The molecule has 7 nitrogen and oxygen atoms in total. The molecule has 4 rings (SSSR count). The standard InChI is InChI=1S/C22H20ClN3O4S/c1-12-15(23)4-3-5-16(12)24-18(27)10-26-17-11-30-21(28)19(17)20(25-22(26)29)13-6-8-14(31-2)9-7-13/h3-9,20H,10-11H2,1-2H3,(H,24,27)(H,25,29)/t20-/m0/s1. The summed E-state index contributed by atoms with van der Waals surface area (Å²) in [6, 6.07) is 11.7. The van der Waals surface area contributed by atoms with E-state index in [0.29, 0.717) is 22.0 Å². The van der Waals surface area contributed by atoms with Crippen molar-refractivity contribution < 1.29 is 19.1 Å². The van der Waals surface area contributed by atoms with Gasteiger partial charge in [0.25, 0.3) is 0 Å². The lowest BCUT2D eigenvalue weighted by atomic mass is 9.96. The summed E-state index contributed by atoms with van der Waals surface area (Å²) in [5.74, 6) is -0.903. The molecule has 2 aliphatic heterocycles. The number of nitrogens with one attached hydrogen (secondary N) is 2. The summed E-state index contributed by atoms with van der Waals surface area (Å²) in [7, 11) is 0. The number of carbonyl (C=O) groups is 3. The fourth-order valence-electron chi connectivity index (χ4n) is 3.60. The van der Waals surface area contributed by atoms with Crippen molar-refractivity contribution in [1.82, 2.24) is 10.2 Å². The summed E-state index contributed by atoms with van der Waals surface area (Å²) in [5, 5.41) is 6.13. The molecule has 3 amide bonds. The van der Waals surface area contributed by atoms with Crippen molar-refractivity contribution in [3.05, 3.63) is 69.9 Å². The van der Waals surface area contributed by atoms with Crippen molar-refractivity contribution in [2.45, 2.75) is 17.9 Å². The van der Waals surface area contributed by atoms with Gasteiger partial charge in [0, 0.05) is 15.6 Å². The van der Waals surface area contributed by atoms with Gasteiger partial charge < -0.3 is 15.4 Å². The number of carbonyl (C=O) groups excluding carboxylic acids is 3. The number of benzene rings is 2. The summed E-state index contributed by atoms with van der Waals surface area (Å²) in [5.41, 5.74) is 2.83. The molecule has 9 heteroatoms. The van der Waals surface area contributed by atoms with Crippen LogP contribution in [0.15, 0.2) is 58.6 Å². The first kappa shape index (κ1) is 21.3. The van der Waals surface area contributed by atoms with Gasteiger partial charge in [-0.25, -0.2) is 9.59 Å². The second-order valence-electron chi connectivity index (χ2n) is 7.14. The van der Waals surface area contributed by atoms with E-state index < -0.39 is 23.9 Å². The quantitative estimate of drug-likeness (QED) is 0.525. The van der Waals surface area contributed by atoms with Crippen molar-refractivity contribution in [2.24, 2.45) is 0 Å². The highest BCUT2D eigenvalue weighted by Crippen LogP contribution is 2.35. The number of hydrogen-bond acceptors (Lipinski definition) is 5. The van der Waals surface area contributed by atoms with Gasteiger partial charge in [-0.3, -0.25) is 9.69 Å². The van der Waals surface area contributed by atoms with Crippen molar-refractivity contribution in [3.63, 3.8) is 0 Å². The number of cyclic esters (lactones) is 1. The minimum absolute atomic E-state index is 0.0511. The molecule has 0 radical (unpaired) electrons. The van der Waals surface area contributed by atoms with Crippen LogP contribution in [0.4, 0.5) is 10.5 Å². The molecule has 2 heterocycles. The Morgan fingerprint density at radius 2 is 2.00 bits per heavy atom. The molecular formula is C22H20ClN3O4S. The number of nitrogens with zero attached hydrogens (tertiary/aromatic N) is 1. The lowest BCUT2D eigenvalue weighted by Crippen LogP contribution is -2.49. The third-order valence-electron chi connectivity index (χ3n) is 5.29. The lowest BCUT2D eigenvalue weighted by molar-refractivity contribution is -0.136. The molecule has 0 bridgehead atoms. The highest BCUT2D eigenvalue weighted by Gasteiger charge is 2.42. The predicted molar refractivity (Wildman–Crippen MR) is 119 cm³/mol. The number of thioether (sulfide) groups is 1. The molecule has 2 N–H and O–H groups in total.